The number of hydrogen-bond donors (Lipinski definition) is 1. The van der Waals surface area contributed by atoms with Crippen molar-refractivity contribution < 1.29 is 4.39 Å². The molecule has 0 amide bonds. The first-order valence-electron chi connectivity index (χ1n) is 5.58. The van der Waals surface area contributed by atoms with Crippen LogP contribution in [0, 0.1) is 0 Å². The lowest BCUT2D eigenvalue weighted by atomic mass is 10.0. The van der Waals surface area contributed by atoms with Crippen LogP contribution in [0.25, 0.3) is 0 Å². The fraction of sp³-hybridized carbons (Fsp3) is 0.538. The summed E-state index contributed by atoms with van der Waals surface area (Å²) in [5.41, 5.74) is 1.47. The molecule has 1 fully saturated rings. The summed E-state index contributed by atoms with van der Waals surface area (Å²) in [6.07, 6.45) is 2.05. The van der Waals surface area contributed by atoms with E-state index < -0.39 is 5.67 Å². The van der Waals surface area contributed by atoms with Crippen LogP contribution < -0.4 is 5.32 Å². The molecule has 0 heterocycles. The van der Waals surface area contributed by atoms with Crippen LogP contribution in [-0.2, 0) is 6.42 Å². The Kier molecular flexibility index (Phi) is 2.79. The Hall–Kier alpha value is -0.890. The lowest BCUT2D eigenvalue weighted by molar-refractivity contribution is 0.308. The highest BCUT2D eigenvalue weighted by atomic mass is 19.1. The Morgan fingerprint density at radius 1 is 1.47 bits per heavy atom. The Morgan fingerprint density at radius 2 is 2.20 bits per heavy atom. The van der Waals surface area contributed by atoms with Gasteiger partial charge in [0.1, 0.15) is 5.67 Å². The molecular formula is C13H18FN. The van der Waals surface area contributed by atoms with Crippen LogP contribution in [0.1, 0.15) is 36.9 Å². The summed E-state index contributed by atoms with van der Waals surface area (Å²) in [5.74, 6) is 0. The molecule has 0 aliphatic heterocycles. The van der Waals surface area contributed by atoms with E-state index in [9.17, 15) is 4.39 Å². The molecule has 1 atom stereocenters. The molecule has 0 bridgehead atoms. The number of halogens is 1. The minimum atomic E-state index is -0.887. The van der Waals surface area contributed by atoms with Gasteiger partial charge in [-0.2, -0.15) is 0 Å². The van der Waals surface area contributed by atoms with Crippen LogP contribution in [0.5, 0.6) is 0 Å². The SMILES string of the molecule is CNC(C)c1cccc(CC2(F)CC2)c1. The summed E-state index contributed by atoms with van der Waals surface area (Å²) in [4.78, 5) is 0. The second kappa shape index (κ2) is 3.93. The van der Waals surface area contributed by atoms with Crippen molar-refractivity contribution in [1.29, 1.82) is 0 Å². The van der Waals surface area contributed by atoms with Gasteiger partial charge in [0.15, 0.2) is 0 Å². The first-order valence-corrected chi connectivity index (χ1v) is 5.58. The molecule has 1 aliphatic carbocycles. The topological polar surface area (TPSA) is 12.0 Å². The van der Waals surface area contributed by atoms with Crippen molar-refractivity contribution in [3.05, 3.63) is 35.4 Å². The van der Waals surface area contributed by atoms with Crippen molar-refractivity contribution in [3.63, 3.8) is 0 Å². The Morgan fingerprint density at radius 3 is 2.80 bits per heavy atom. The van der Waals surface area contributed by atoms with Crippen LogP contribution in [0.15, 0.2) is 24.3 Å². The van der Waals surface area contributed by atoms with Gasteiger partial charge in [0.05, 0.1) is 0 Å². The van der Waals surface area contributed by atoms with Crippen LogP contribution in [0.2, 0.25) is 0 Å². The molecule has 1 nitrogen and oxygen atoms in total. The first-order chi connectivity index (χ1) is 7.13. The largest absolute Gasteiger partial charge is 0.313 e. The van der Waals surface area contributed by atoms with Crippen molar-refractivity contribution in [3.8, 4) is 0 Å². The summed E-state index contributed by atoms with van der Waals surface area (Å²) in [6.45, 7) is 2.11. The van der Waals surface area contributed by atoms with Gasteiger partial charge in [0, 0.05) is 12.5 Å². The minimum absolute atomic E-state index is 0.333. The fourth-order valence-electron chi connectivity index (χ4n) is 1.82. The zero-order valence-corrected chi connectivity index (χ0v) is 9.39. The maximum Gasteiger partial charge on any atom is 0.115 e. The minimum Gasteiger partial charge on any atom is -0.313 e. The predicted octanol–water partition coefficient (Wildman–Crippen LogP) is 3.01. The average Bonchev–Trinajstić information content (AvgIpc) is 2.95. The molecule has 0 saturated heterocycles. The van der Waals surface area contributed by atoms with Crippen LogP contribution in [-0.4, -0.2) is 12.7 Å². The highest BCUT2D eigenvalue weighted by Crippen LogP contribution is 2.42. The zero-order chi connectivity index (χ0) is 10.9. The van der Waals surface area contributed by atoms with Gasteiger partial charge in [-0.15, -0.1) is 0 Å². The van der Waals surface area contributed by atoms with E-state index in [1.165, 1.54) is 5.56 Å². The summed E-state index contributed by atoms with van der Waals surface area (Å²) < 4.78 is 13.6. The van der Waals surface area contributed by atoms with Crippen LogP contribution in [0.3, 0.4) is 0 Å². The molecular weight excluding hydrogens is 189 g/mol. The molecule has 0 spiro atoms. The van der Waals surface area contributed by atoms with Crippen molar-refractivity contribution in [1.82, 2.24) is 5.32 Å². The molecule has 1 saturated carbocycles. The smallest absolute Gasteiger partial charge is 0.115 e. The number of rotatable bonds is 4. The number of nitrogens with one attached hydrogen (secondary N) is 1. The van der Waals surface area contributed by atoms with E-state index in [0.29, 0.717) is 12.5 Å². The molecule has 0 aromatic heterocycles. The second-order valence-electron chi connectivity index (χ2n) is 4.58. The summed E-state index contributed by atoms with van der Waals surface area (Å²) in [6, 6.07) is 8.57. The van der Waals surface area contributed by atoms with Gasteiger partial charge < -0.3 is 5.32 Å². The van der Waals surface area contributed by atoms with E-state index in [1.807, 2.05) is 19.2 Å². The Bertz CT molecular complexity index is 344. The quantitative estimate of drug-likeness (QED) is 0.800. The molecule has 1 aromatic carbocycles. The first kappa shape index (κ1) is 10.6. The molecule has 1 unspecified atom stereocenters. The third-order valence-electron chi connectivity index (χ3n) is 3.20. The van der Waals surface area contributed by atoms with Gasteiger partial charge in [-0.25, -0.2) is 4.39 Å². The van der Waals surface area contributed by atoms with Crippen LogP contribution >= 0.6 is 0 Å². The second-order valence-corrected chi connectivity index (χ2v) is 4.58. The summed E-state index contributed by atoms with van der Waals surface area (Å²) in [7, 11) is 1.94. The van der Waals surface area contributed by atoms with Gasteiger partial charge in [0.2, 0.25) is 0 Å². The number of alkyl halides is 1. The zero-order valence-electron chi connectivity index (χ0n) is 9.39. The molecule has 15 heavy (non-hydrogen) atoms. The molecule has 1 aromatic rings. The lowest BCUT2D eigenvalue weighted by Gasteiger charge is -2.12. The third-order valence-corrected chi connectivity index (χ3v) is 3.20. The van der Waals surface area contributed by atoms with Gasteiger partial charge >= 0.3 is 0 Å². The van der Waals surface area contributed by atoms with Crippen molar-refractivity contribution >= 4 is 0 Å². The predicted molar refractivity (Wildman–Crippen MR) is 60.7 cm³/mol. The Labute approximate surface area is 90.7 Å². The van der Waals surface area contributed by atoms with Gasteiger partial charge in [-0.05, 0) is 37.9 Å². The molecule has 2 heteroatoms. The number of hydrogen-bond acceptors (Lipinski definition) is 1. The van der Waals surface area contributed by atoms with E-state index in [2.05, 4.69) is 24.4 Å². The van der Waals surface area contributed by atoms with Gasteiger partial charge in [0.25, 0.3) is 0 Å². The normalized spacial score (nSPS) is 19.9. The summed E-state index contributed by atoms with van der Waals surface area (Å²) in [5, 5.41) is 3.19. The summed E-state index contributed by atoms with van der Waals surface area (Å²) >= 11 is 0. The molecule has 1 aliphatic rings. The van der Waals surface area contributed by atoms with Gasteiger partial charge in [-0.1, -0.05) is 24.3 Å². The Balaban J connectivity index is 2.11. The standard InChI is InChI=1S/C13H18FN/c1-10(15-2)12-5-3-4-11(8-12)9-13(14)6-7-13/h3-5,8,10,15H,6-7,9H2,1-2H3. The highest BCUT2D eigenvalue weighted by molar-refractivity contribution is 5.27. The highest BCUT2D eigenvalue weighted by Gasteiger charge is 2.42. The van der Waals surface area contributed by atoms with E-state index in [1.54, 1.807) is 0 Å². The van der Waals surface area contributed by atoms with E-state index >= 15 is 0 Å². The lowest BCUT2D eigenvalue weighted by Crippen LogP contribution is -2.13. The number of benzene rings is 1. The monoisotopic (exact) mass is 207 g/mol. The average molecular weight is 207 g/mol. The van der Waals surface area contributed by atoms with E-state index in [-0.39, 0.29) is 0 Å². The molecule has 0 radical (unpaired) electrons. The molecule has 1 N–H and O–H groups in total. The molecule has 82 valence electrons. The third kappa shape index (κ3) is 2.57. The van der Waals surface area contributed by atoms with Crippen molar-refractivity contribution in [2.24, 2.45) is 0 Å². The fourth-order valence-corrected chi connectivity index (χ4v) is 1.82. The van der Waals surface area contributed by atoms with Gasteiger partial charge in [-0.3, -0.25) is 0 Å². The van der Waals surface area contributed by atoms with Crippen LogP contribution in [0.4, 0.5) is 4.39 Å². The molecule has 2 rings (SSSR count). The van der Waals surface area contributed by atoms with E-state index in [0.717, 1.165) is 18.4 Å². The van der Waals surface area contributed by atoms with Crippen molar-refractivity contribution in [2.75, 3.05) is 7.05 Å². The maximum absolute atomic E-state index is 13.6. The maximum atomic E-state index is 13.6. The van der Waals surface area contributed by atoms with Crippen molar-refractivity contribution in [2.45, 2.75) is 37.9 Å². The van der Waals surface area contributed by atoms with E-state index in [4.69, 9.17) is 0 Å².